The van der Waals surface area contributed by atoms with Crippen LogP contribution in [-0.4, -0.2) is 44.3 Å². The normalized spacial score (nSPS) is 12.0. The Labute approximate surface area is 241 Å². The van der Waals surface area contributed by atoms with Gasteiger partial charge in [0.25, 0.3) is 10.0 Å². The highest BCUT2D eigenvalue weighted by Gasteiger charge is 2.32. The van der Waals surface area contributed by atoms with E-state index in [0.717, 1.165) is 10.7 Å². The molecule has 0 saturated carbocycles. The van der Waals surface area contributed by atoms with Gasteiger partial charge >= 0.3 is 0 Å². The van der Waals surface area contributed by atoms with E-state index in [1.54, 1.807) is 67.6 Å². The molecule has 3 rings (SSSR count). The molecular formula is C27H28BrCl2N3O4S. The Kier molecular flexibility index (Phi) is 10.6. The number of hydrogen-bond donors (Lipinski definition) is 1. The van der Waals surface area contributed by atoms with Crippen LogP contribution >= 0.6 is 39.1 Å². The summed E-state index contributed by atoms with van der Waals surface area (Å²) in [6.45, 7) is 3.47. The first-order valence-electron chi connectivity index (χ1n) is 11.9. The minimum absolute atomic E-state index is 0.0220. The van der Waals surface area contributed by atoms with Crippen molar-refractivity contribution in [2.75, 3.05) is 17.4 Å². The molecule has 3 aromatic carbocycles. The van der Waals surface area contributed by atoms with Crippen molar-refractivity contribution in [3.8, 4) is 0 Å². The van der Waals surface area contributed by atoms with E-state index in [4.69, 9.17) is 23.2 Å². The number of carbonyl (C=O) groups excluding carboxylic acids is 2. The Balaban J connectivity index is 2.02. The summed E-state index contributed by atoms with van der Waals surface area (Å²) in [5.74, 6) is -0.908. The van der Waals surface area contributed by atoms with E-state index < -0.39 is 28.5 Å². The van der Waals surface area contributed by atoms with Crippen molar-refractivity contribution in [3.05, 3.63) is 92.9 Å². The number of nitrogens with one attached hydrogen (secondary N) is 1. The lowest BCUT2D eigenvalue weighted by Gasteiger charge is -2.32. The van der Waals surface area contributed by atoms with Crippen molar-refractivity contribution in [3.63, 3.8) is 0 Å². The summed E-state index contributed by atoms with van der Waals surface area (Å²) in [5.41, 5.74) is 0.942. The zero-order chi connectivity index (χ0) is 27.9. The van der Waals surface area contributed by atoms with Crippen molar-refractivity contribution >= 4 is 66.7 Å². The molecule has 0 radical (unpaired) electrons. The van der Waals surface area contributed by atoms with Crippen molar-refractivity contribution in [2.45, 2.75) is 37.8 Å². The molecule has 0 bridgehead atoms. The van der Waals surface area contributed by atoms with E-state index in [9.17, 15) is 18.0 Å². The molecule has 0 fully saturated rings. The number of hydrogen-bond acceptors (Lipinski definition) is 4. The average molecular weight is 641 g/mol. The van der Waals surface area contributed by atoms with E-state index in [1.807, 2.05) is 6.92 Å². The van der Waals surface area contributed by atoms with Gasteiger partial charge < -0.3 is 10.2 Å². The average Bonchev–Trinajstić information content (AvgIpc) is 2.90. The van der Waals surface area contributed by atoms with Crippen LogP contribution in [0.15, 0.2) is 82.2 Å². The number of benzene rings is 3. The van der Waals surface area contributed by atoms with Gasteiger partial charge in [-0.05, 0) is 61.4 Å². The fourth-order valence-corrected chi connectivity index (χ4v) is 5.83. The number of carbonyl (C=O) groups is 2. The summed E-state index contributed by atoms with van der Waals surface area (Å²) in [6, 6.07) is 18.6. The highest BCUT2D eigenvalue weighted by Crippen LogP contribution is 2.28. The first-order chi connectivity index (χ1) is 18.0. The number of anilines is 1. The van der Waals surface area contributed by atoms with Gasteiger partial charge in [-0.3, -0.25) is 13.9 Å². The molecule has 0 unspecified atom stereocenters. The molecule has 0 saturated heterocycles. The quantitative estimate of drug-likeness (QED) is 0.283. The molecule has 3 aromatic rings. The van der Waals surface area contributed by atoms with E-state index in [0.29, 0.717) is 32.3 Å². The predicted molar refractivity (Wildman–Crippen MR) is 155 cm³/mol. The third-order valence-electron chi connectivity index (χ3n) is 5.76. The van der Waals surface area contributed by atoms with Gasteiger partial charge in [0.05, 0.1) is 20.6 Å². The Morgan fingerprint density at radius 2 is 1.68 bits per heavy atom. The van der Waals surface area contributed by atoms with Crippen molar-refractivity contribution in [2.24, 2.45) is 0 Å². The monoisotopic (exact) mass is 639 g/mol. The summed E-state index contributed by atoms with van der Waals surface area (Å²) < 4.78 is 29.1. The van der Waals surface area contributed by atoms with E-state index in [2.05, 4.69) is 21.2 Å². The van der Waals surface area contributed by atoms with Crippen molar-refractivity contribution < 1.29 is 18.0 Å². The Bertz CT molecular complexity index is 1390. The van der Waals surface area contributed by atoms with Gasteiger partial charge in [-0.1, -0.05) is 76.4 Å². The topological polar surface area (TPSA) is 86.8 Å². The van der Waals surface area contributed by atoms with Crippen LogP contribution in [0.25, 0.3) is 0 Å². The van der Waals surface area contributed by atoms with Crippen LogP contribution in [0.4, 0.5) is 5.69 Å². The van der Waals surface area contributed by atoms with Crippen LogP contribution in [0.1, 0.15) is 25.8 Å². The number of nitrogens with zero attached hydrogens (tertiary/aromatic N) is 2. The standard InChI is InChI=1S/C27H28BrCl2N3O4S/c1-3-14-31-27(35)19(2)32(17-20-12-13-24(29)25(30)15-20)26(34)18-33(22-9-7-8-21(28)16-22)38(36,37)23-10-5-4-6-11-23/h4-13,15-16,19H,3,14,17-18H2,1-2H3,(H,31,35)/t19-/m1/s1. The second kappa shape index (κ2) is 13.5. The van der Waals surface area contributed by atoms with Gasteiger partial charge in [0.2, 0.25) is 11.8 Å². The van der Waals surface area contributed by atoms with Crippen LogP contribution in [0.2, 0.25) is 10.0 Å². The molecular weight excluding hydrogens is 613 g/mol. The van der Waals surface area contributed by atoms with Gasteiger partial charge in [0, 0.05) is 17.6 Å². The van der Waals surface area contributed by atoms with Gasteiger partial charge in [-0.2, -0.15) is 0 Å². The summed E-state index contributed by atoms with van der Waals surface area (Å²) >= 11 is 15.6. The molecule has 0 aliphatic carbocycles. The molecule has 0 aliphatic rings. The summed E-state index contributed by atoms with van der Waals surface area (Å²) in [7, 11) is -4.12. The first kappa shape index (κ1) is 30.0. The molecule has 1 N–H and O–H groups in total. The van der Waals surface area contributed by atoms with E-state index in [-0.39, 0.29) is 17.3 Å². The molecule has 0 heterocycles. The van der Waals surface area contributed by atoms with Crippen LogP contribution in [0.5, 0.6) is 0 Å². The maximum absolute atomic E-state index is 13.8. The molecule has 0 spiro atoms. The van der Waals surface area contributed by atoms with Crippen LogP contribution in [-0.2, 0) is 26.2 Å². The smallest absolute Gasteiger partial charge is 0.264 e. The summed E-state index contributed by atoms with van der Waals surface area (Å²) in [4.78, 5) is 28.1. The number of amides is 2. The molecule has 202 valence electrons. The first-order valence-corrected chi connectivity index (χ1v) is 14.9. The lowest BCUT2D eigenvalue weighted by atomic mass is 10.1. The maximum Gasteiger partial charge on any atom is 0.264 e. The predicted octanol–water partition coefficient (Wildman–Crippen LogP) is 5.89. The third-order valence-corrected chi connectivity index (χ3v) is 8.78. The third kappa shape index (κ3) is 7.50. The summed E-state index contributed by atoms with van der Waals surface area (Å²) in [6.07, 6.45) is 0.727. The lowest BCUT2D eigenvalue weighted by Crippen LogP contribution is -2.51. The van der Waals surface area contributed by atoms with Crippen molar-refractivity contribution in [1.82, 2.24) is 10.2 Å². The number of sulfonamides is 1. The Morgan fingerprint density at radius 1 is 0.974 bits per heavy atom. The molecule has 0 aromatic heterocycles. The maximum atomic E-state index is 13.8. The second-order valence-electron chi connectivity index (χ2n) is 8.54. The fourth-order valence-electron chi connectivity index (χ4n) is 3.69. The SMILES string of the molecule is CCCNC(=O)[C@@H](C)N(Cc1ccc(Cl)c(Cl)c1)C(=O)CN(c1cccc(Br)c1)S(=O)(=O)c1ccccc1. The van der Waals surface area contributed by atoms with Gasteiger partial charge in [-0.15, -0.1) is 0 Å². The highest BCUT2D eigenvalue weighted by molar-refractivity contribution is 9.10. The van der Waals surface area contributed by atoms with Crippen LogP contribution in [0.3, 0.4) is 0 Å². The number of halogens is 3. The van der Waals surface area contributed by atoms with E-state index >= 15 is 0 Å². The largest absolute Gasteiger partial charge is 0.354 e. The summed E-state index contributed by atoms with van der Waals surface area (Å²) in [5, 5.41) is 3.47. The Hall–Kier alpha value is -2.59. The lowest BCUT2D eigenvalue weighted by molar-refractivity contribution is -0.139. The second-order valence-corrected chi connectivity index (χ2v) is 12.1. The van der Waals surface area contributed by atoms with Gasteiger partial charge in [-0.25, -0.2) is 8.42 Å². The van der Waals surface area contributed by atoms with Crippen molar-refractivity contribution in [1.29, 1.82) is 0 Å². The Morgan fingerprint density at radius 3 is 2.32 bits per heavy atom. The molecule has 0 aliphatic heterocycles. The molecule has 1 atom stereocenters. The van der Waals surface area contributed by atoms with E-state index in [1.165, 1.54) is 17.0 Å². The fraction of sp³-hybridized carbons (Fsp3) is 0.259. The van der Waals surface area contributed by atoms with Gasteiger partial charge in [0.15, 0.2) is 0 Å². The molecule has 2 amide bonds. The molecule has 11 heteroatoms. The highest BCUT2D eigenvalue weighted by atomic mass is 79.9. The molecule has 7 nitrogen and oxygen atoms in total. The molecule has 38 heavy (non-hydrogen) atoms. The zero-order valence-corrected chi connectivity index (χ0v) is 24.8. The minimum atomic E-state index is -4.12. The minimum Gasteiger partial charge on any atom is -0.354 e. The van der Waals surface area contributed by atoms with Crippen LogP contribution in [0, 0.1) is 0 Å². The van der Waals surface area contributed by atoms with Gasteiger partial charge in [0.1, 0.15) is 12.6 Å². The number of rotatable bonds is 11. The zero-order valence-electron chi connectivity index (χ0n) is 20.9. The van der Waals surface area contributed by atoms with Crippen LogP contribution < -0.4 is 9.62 Å².